The molecule has 3 aromatic rings. The molecule has 1 amide bonds. The molecule has 0 saturated carbocycles. The summed E-state index contributed by atoms with van der Waals surface area (Å²) in [5.41, 5.74) is -0.390. The summed E-state index contributed by atoms with van der Waals surface area (Å²) in [7, 11) is 0. The third-order valence-electron chi connectivity index (χ3n) is 3.61. The van der Waals surface area contributed by atoms with E-state index in [1.807, 2.05) is 0 Å². The van der Waals surface area contributed by atoms with Gasteiger partial charge in [-0.25, -0.2) is 0 Å². The van der Waals surface area contributed by atoms with Gasteiger partial charge in [-0.05, 0) is 30.3 Å². The lowest BCUT2D eigenvalue weighted by molar-refractivity contribution is -0.384. The molecule has 0 saturated heterocycles. The number of halogens is 2. The van der Waals surface area contributed by atoms with E-state index in [0.717, 1.165) is 18.2 Å². The van der Waals surface area contributed by atoms with Gasteiger partial charge in [0.25, 0.3) is 11.6 Å². The molecule has 8 nitrogen and oxygen atoms in total. The van der Waals surface area contributed by atoms with Crippen molar-refractivity contribution >= 4 is 40.5 Å². The number of carbonyl (C=O) groups excluding carboxylic acids is 1. The number of non-ortho nitro benzene ring substituents is 1. The van der Waals surface area contributed by atoms with E-state index < -0.39 is 10.8 Å². The Morgan fingerprint density at radius 2 is 2.00 bits per heavy atom. The molecule has 1 heterocycles. The zero-order valence-electron chi connectivity index (χ0n) is 14.0. The summed E-state index contributed by atoms with van der Waals surface area (Å²) in [6, 6.07) is 11.1. The fourth-order valence-electron chi connectivity index (χ4n) is 2.24. The van der Waals surface area contributed by atoms with Crippen molar-refractivity contribution in [2.75, 3.05) is 5.32 Å². The van der Waals surface area contributed by atoms with E-state index in [2.05, 4.69) is 5.32 Å². The Labute approximate surface area is 168 Å². The molecule has 0 bridgehead atoms. The molecule has 144 valence electrons. The molecular weight excluding hydrogens is 411 g/mol. The number of nitrogens with one attached hydrogen (secondary N) is 1. The summed E-state index contributed by atoms with van der Waals surface area (Å²) in [5, 5.41) is 23.5. The van der Waals surface area contributed by atoms with E-state index in [9.17, 15) is 20.0 Å². The number of benzene rings is 2. The van der Waals surface area contributed by atoms with Gasteiger partial charge in [-0.1, -0.05) is 29.3 Å². The molecule has 3 rings (SSSR count). The van der Waals surface area contributed by atoms with Crippen molar-refractivity contribution in [3.63, 3.8) is 0 Å². The van der Waals surface area contributed by atoms with Crippen LogP contribution in [0.25, 0.3) is 0 Å². The Hall–Kier alpha value is -3.23. The number of furan rings is 1. The van der Waals surface area contributed by atoms with Crippen LogP contribution in [0, 0.1) is 10.1 Å². The Morgan fingerprint density at radius 3 is 2.75 bits per heavy atom. The van der Waals surface area contributed by atoms with Crippen molar-refractivity contribution < 1.29 is 24.0 Å². The number of hydrogen-bond acceptors (Lipinski definition) is 6. The van der Waals surface area contributed by atoms with Crippen LogP contribution in [0.1, 0.15) is 16.3 Å². The monoisotopic (exact) mass is 422 g/mol. The standard InChI is InChI=1S/C18H12Cl2N2O6/c19-12-2-1-3-15(17(12)20)27-9-11-5-7-16(28-11)18(24)21-13-8-10(22(25)26)4-6-14(13)23/h1-8,23H,9H2,(H,21,24). The Kier molecular flexibility index (Phi) is 5.72. The van der Waals surface area contributed by atoms with Crippen LogP contribution in [0.15, 0.2) is 52.9 Å². The van der Waals surface area contributed by atoms with E-state index in [4.69, 9.17) is 32.4 Å². The van der Waals surface area contributed by atoms with E-state index >= 15 is 0 Å². The first kappa shape index (κ1) is 19.5. The minimum atomic E-state index is -0.692. The molecular formula is C18H12Cl2N2O6. The summed E-state index contributed by atoms with van der Waals surface area (Å²) in [5.74, 6) is -0.378. The Balaban J connectivity index is 1.68. The quantitative estimate of drug-likeness (QED) is 0.326. The van der Waals surface area contributed by atoms with Crippen LogP contribution < -0.4 is 10.1 Å². The SMILES string of the molecule is O=C(Nc1cc([N+](=O)[O-])ccc1O)c1ccc(COc2cccc(Cl)c2Cl)o1. The van der Waals surface area contributed by atoms with E-state index in [1.165, 1.54) is 12.1 Å². The van der Waals surface area contributed by atoms with Crippen molar-refractivity contribution in [2.45, 2.75) is 6.61 Å². The van der Waals surface area contributed by atoms with Crippen molar-refractivity contribution in [3.8, 4) is 11.5 Å². The van der Waals surface area contributed by atoms with Gasteiger partial charge in [0.15, 0.2) is 5.76 Å². The summed E-state index contributed by atoms with van der Waals surface area (Å²) in [6.07, 6.45) is 0. The number of amides is 1. The van der Waals surface area contributed by atoms with Gasteiger partial charge in [-0.3, -0.25) is 14.9 Å². The number of hydrogen-bond donors (Lipinski definition) is 2. The van der Waals surface area contributed by atoms with E-state index in [1.54, 1.807) is 18.2 Å². The number of anilines is 1. The first-order chi connectivity index (χ1) is 13.3. The average Bonchev–Trinajstić information content (AvgIpc) is 3.13. The number of nitro benzene ring substituents is 1. The molecule has 0 radical (unpaired) electrons. The van der Waals surface area contributed by atoms with Gasteiger partial charge < -0.3 is 19.6 Å². The number of nitrogens with zero attached hydrogens (tertiary/aromatic N) is 1. The number of aromatic hydroxyl groups is 1. The highest BCUT2D eigenvalue weighted by Gasteiger charge is 2.17. The number of phenolic OH excluding ortho intramolecular Hbond substituents is 1. The summed E-state index contributed by atoms with van der Waals surface area (Å²) >= 11 is 11.9. The molecule has 0 spiro atoms. The van der Waals surface area contributed by atoms with Crippen LogP contribution in [-0.4, -0.2) is 15.9 Å². The van der Waals surface area contributed by atoms with Crippen LogP contribution in [-0.2, 0) is 6.61 Å². The number of carbonyl (C=O) groups is 1. The maximum Gasteiger partial charge on any atom is 0.291 e. The lowest BCUT2D eigenvalue weighted by atomic mass is 10.2. The molecule has 2 N–H and O–H groups in total. The highest BCUT2D eigenvalue weighted by Crippen LogP contribution is 2.32. The average molecular weight is 423 g/mol. The third-order valence-corrected chi connectivity index (χ3v) is 4.41. The molecule has 0 aliphatic heterocycles. The Bertz CT molecular complexity index is 1050. The Morgan fingerprint density at radius 1 is 1.21 bits per heavy atom. The second kappa shape index (κ2) is 8.20. The first-order valence-corrected chi connectivity index (χ1v) is 8.55. The number of phenols is 1. The molecule has 10 heteroatoms. The van der Waals surface area contributed by atoms with Crippen LogP contribution in [0.3, 0.4) is 0 Å². The van der Waals surface area contributed by atoms with E-state index in [-0.39, 0.29) is 34.5 Å². The second-order valence-electron chi connectivity index (χ2n) is 5.52. The number of ether oxygens (including phenoxy) is 1. The van der Waals surface area contributed by atoms with Crippen molar-refractivity contribution in [1.29, 1.82) is 0 Å². The lowest BCUT2D eigenvalue weighted by Gasteiger charge is -2.07. The van der Waals surface area contributed by atoms with Gasteiger partial charge in [0, 0.05) is 12.1 Å². The minimum absolute atomic E-state index is 0.00456. The summed E-state index contributed by atoms with van der Waals surface area (Å²) in [6.45, 7) is -0.00456. The van der Waals surface area contributed by atoms with Gasteiger partial charge in [-0.2, -0.15) is 0 Å². The van der Waals surface area contributed by atoms with E-state index in [0.29, 0.717) is 16.5 Å². The maximum absolute atomic E-state index is 12.3. The normalized spacial score (nSPS) is 10.5. The van der Waals surface area contributed by atoms with Crippen molar-refractivity contribution in [3.05, 3.63) is 80.2 Å². The third kappa shape index (κ3) is 4.36. The van der Waals surface area contributed by atoms with Crippen LogP contribution in [0.5, 0.6) is 11.5 Å². The highest BCUT2D eigenvalue weighted by molar-refractivity contribution is 6.42. The largest absolute Gasteiger partial charge is 0.506 e. The van der Waals surface area contributed by atoms with Gasteiger partial charge in [0.05, 0.1) is 15.6 Å². The fourth-order valence-corrected chi connectivity index (χ4v) is 2.59. The van der Waals surface area contributed by atoms with Crippen LogP contribution >= 0.6 is 23.2 Å². The molecule has 0 aliphatic carbocycles. The highest BCUT2D eigenvalue weighted by atomic mass is 35.5. The smallest absolute Gasteiger partial charge is 0.291 e. The van der Waals surface area contributed by atoms with Gasteiger partial charge in [0.1, 0.15) is 28.9 Å². The topological polar surface area (TPSA) is 115 Å². The van der Waals surface area contributed by atoms with Crippen LogP contribution in [0.4, 0.5) is 11.4 Å². The molecule has 0 unspecified atom stereocenters. The minimum Gasteiger partial charge on any atom is -0.506 e. The van der Waals surface area contributed by atoms with Gasteiger partial charge in [0.2, 0.25) is 0 Å². The first-order valence-electron chi connectivity index (χ1n) is 7.79. The zero-order chi connectivity index (χ0) is 20.3. The summed E-state index contributed by atoms with van der Waals surface area (Å²) in [4.78, 5) is 22.4. The predicted molar refractivity (Wildman–Crippen MR) is 102 cm³/mol. The van der Waals surface area contributed by atoms with Crippen molar-refractivity contribution in [2.24, 2.45) is 0 Å². The second-order valence-corrected chi connectivity index (χ2v) is 6.30. The molecule has 0 aliphatic rings. The summed E-state index contributed by atoms with van der Waals surface area (Å²) < 4.78 is 10.9. The lowest BCUT2D eigenvalue weighted by Crippen LogP contribution is -2.11. The molecule has 2 aromatic carbocycles. The maximum atomic E-state index is 12.3. The molecule has 28 heavy (non-hydrogen) atoms. The zero-order valence-corrected chi connectivity index (χ0v) is 15.5. The number of rotatable bonds is 6. The molecule has 0 atom stereocenters. The molecule has 0 fully saturated rings. The predicted octanol–water partition coefficient (Wildman–Crippen LogP) is 5.03. The van der Waals surface area contributed by atoms with Crippen molar-refractivity contribution in [1.82, 2.24) is 0 Å². The molecule has 1 aromatic heterocycles. The van der Waals surface area contributed by atoms with Gasteiger partial charge >= 0.3 is 0 Å². The fraction of sp³-hybridized carbons (Fsp3) is 0.0556. The van der Waals surface area contributed by atoms with Crippen LogP contribution in [0.2, 0.25) is 10.0 Å². The van der Waals surface area contributed by atoms with Gasteiger partial charge in [-0.15, -0.1) is 0 Å². The number of nitro groups is 1.